The Kier molecular flexibility index (Phi) is 4.12. The van der Waals surface area contributed by atoms with Crippen molar-refractivity contribution in [1.82, 2.24) is 4.98 Å². The van der Waals surface area contributed by atoms with Crippen molar-refractivity contribution in [2.75, 3.05) is 7.11 Å². The van der Waals surface area contributed by atoms with Crippen molar-refractivity contribution >= 4 is 0 Å². The van der Waals surface area contributed by atoms with Gasteiger partial charge < -0.3 is 9.47 Å². The number of hydrogen-bond donors (Lipinski definition) is 0. The number of halogens is 3. The zero-order valence-electron chi connectivity index (χ0n) is 10.6. The molecule has 3 nitrogen and oxygen atoms in total. The zero-order valence-corrected chi connectivity index (χ0v) is 10.6. The van der Waals surface area contributed by atoms with E-state index in [0.29, 0.717) is 11.4 Å². The Morgan fingerprint density at radius 2 is 1.95 bits per heavy atom. The Morgan fingerprint density at radius 1 is 1.15 bits per heavy atom. The summed E-state index contributed by atoms with van der Waals surface area (Å²) in [5, 5.41) is 0. The van der Waals surface area contributed by atoms with Crippen molar-refractivity contribution in [3.05, 3.63) is 53.7 Å². The third-order valence-electron chi connectivity index (χ3n) is 2.63. The van der Waals surface area contributed by atoms with Gasteiger partial charge in [-0.15, -0.1) is 0 Å². The number of benzene rings is 1. The molecule has 2 aromatic rings. The highest BCUT2D eigenvalue weighted by Crippen LogP contribution is 2.33. The second-order valence-electron chi connectivity index (χ2n) is 3.98. The van der Waals surface area contributed by atoms with Crippen LogP contribution < -0.4 is 9.47 Å². The molecule has 0 aliphatic rings. The minimum absolute atomic E-state index is 0.0817. The highest BCUT2D eigenvalue weighted by Gasteiger charge is 2.31. The van der Waals surface area contributed by atoms with Crippen LogP contribution in [0.2, 0.25) is 0 Å². The lowest BCUT2D eigenvalue weighted by molar-refractivity contribution is -0.137. The lowest BCUT2D eigenvalue weighted by atomic mass is 10.1. The molecule has 0 aliphatic carbocycles. The Morgan fingerprint density at radius 3 is 2.55 bits per heavy atom. The maximum atomic E-state index is 12.6. The average molecular weight is 283 g/mol. The molecule has 0 atom stereocenters. The largest absolute Gasteiger partial charge is 0.496 e. The highest BCUT2D eigenvalue weighted by atomic mass is 19.4. The summed E-state index contributed by atoms with van der Waals surface area (Å²) in [6.45, 7) is 0.0817. The van der Waals surface area contributed by atoms with Gasteiger partial charge in [0.05, 0.1) is 12.7 Å². The Bertz CT molecular complexity index is 570. The van der Waals surface area contributed by atoms with E-state index >= 15 is 0 Å². The van der Waals surface area contributed by atoms with Gasteiger partial charge in [0, 0.05) is 17.8 Å². The molecule has 0 spiro atoms. The van der Waals surface area contributed by atoms with Gasteiger partial charge in [-0.1, -0.05) is 12.1 Å². The molecular weight excluding hydrogens is 271 g/mol. The van der Waals surface area contributed by atoms with Crippen LogP contribution in [0.1, 0.15) is 11.1 Å². The van der Waals surface area contributed by atoms with E-state index in [9.17, 15) is 13.2 Å². The fraction of sp³-hybridized carbons (Fsp3) is 0.214. The van der Waals surface area contributed by atoms with Gasteiger partial charge in [0.2, 0.25) is 5.88 Å². The van der Waals surface area contributed by atoms with Crippen molar-refractivity contribution in [2.24, 2.45) is 0 Å². The van der Waals surface area contributed by atoms with Crippen LogP contribution in [-0.4, -0.2) is 12.1 Å². The zero-order chi connectivity index (χ0) is 14.6. The fourth-order valence-electron chi connectivity index (χ4n) is 1.62. The lowest BCUT2D eigenvalue weighted by Crippen LogP contribution is -2.07. The van der Waals surface area contributed by atoms with Gasteiger partial charge in [-0.3, -0.25) is 0 Å². The first-order chi connectivity index (χ1) is 9.50. The minimum Gasteiger partial charge on any atom is -0.496 e. The predicted molar refractivity (Wildman–Crippen MR) is 66.6 cm³/mol. The third kappa shape index (κ3) is 3.40. The number of hydrogen-bond acceptors (Lipinski definition) is 3. The molecule has 0 saturated carbocycles. The predicted octanol–water partition coefficient (Wildman–Crippen LogP) is 3.69. The average Bonchev–Trinajstić information content (AvgIpc) is 2.45. The number of ether oxygens (including phenoxy) is 2. The molecule has 0 saturated heterocycles. The van der Waals surface area contributed by atoms with Crippen LogP contribution in [0.15, 0.2) is 42.6 Å². The molecule has 0 fully saturated rings. The Hall–Kier alpha value is -2.24. The summed E-state index contributed by atoms with van der Waals surface area (Å²) in [5.41, 5.74) is -0.234. The van der Waals surface area contributed by atoms with E-state index in [1.165, 1.54) is 13.2 Å². The smallest absolute Gasteiger partial charge is 0.416 e. The topological polar surface area (TPSA) is 31.4 Å². The van der Waals surface area contributed by atoms with Gasteiger partial charge in [-0.05, 0) is 18.2 Å². The monoisotopic (exact) mass is 283 g/mol. The minimum atomic E-state index is -4.40. The summed E-state index contributed by atoms with van der Waals surface area (Å²) < 4.78 is 48.1. The number of pyridine rings is 1. The maximum Gasteiger partial charge on any atom is 0.416 e. The molecular formula is C14H12F3NO2. The maximum absolute atomic E-state index is 12.6. The first-order valence-electron chi connectivity index (χ1n) is 5.78. The van der Waals surface area contributed by atoms with Crippen LogP contribution in [0.25, 0.3) is 0 Å². The second kappa shape index (κ2) is 5.81. The molecule has 0 N–H and O–H groups in total. The summed E-state index contributed by atoms with van der Waals surface area (Å²) in [6, 6.07) is 8.45. The number of aromatic nitrogens is 1. The van der Waals surface area contributed by atoms with Crippen LogP contribution >= 0.6 is 0 Å². The normalized spacial score (nSPS) is 11.2. The summed E-state index contributed by atoms with van der Waals surface area (Å²) in [6.07, 6.45) is -2.83. The van der Waals surface area contributed by atoms with Gasteiger partial charge in [0.25, 0.3) is 0 Å². The number of rotatable bonds is 4. The van der Waals surface area contributed by atoms with Gasteiger partial charge in [-0.25, -0.2) is 4.98 Å². The number of alkyl halides is 3. The number of methoxy groups -OCH3 is 1. The summed E-state index contributed by atoms with van der Waals surface area (Å²) in [7, 11) is 1.32. The van der Waals surface area contributed by atoms with E-state index in [4.69, 9.17) is 9.47 Å². The molecule has 0 unspecified atom stereocenters. The van der Waals surface area contributed by atoms with Crippen molar-refractivity contribution in [1.29, 1.82) is 0 Å². The number of nitrogens with zero attached hydrogens (tertiary/aromatic N) is 1. The van der Waals surface area contributed by atoms with Crippen molar-refractivity contribution in [3.63, 3.8) is 0 Å². The molecule has 1 heterocycles. The van der Waals surface area contributed by atoms with E-state index in [0.717, 1.165) is 12.1 Å². The molecule has 1 aromatic heterocycles. The molecule has 106 valence electrons. The highest BCUT2D eigenvalue weighted by molar-refractivity contribution is 5.38. The van der Waals surface area contributed by atoms with Crippen molar-refractivity contribution in [3.8, 4) is 11.6 Å². The molecule has 6 heteroatoms. The van der Waals surface area contributed by atoms with Gasteiger partial charge in [0.1, 0.15) is 12.4 Å². The third-order valence-corrected chi connectivity index (χ3v) is 2.63. The lowest BCUT2D eigenvalue weighted by Gasteiger charge is -2.13. The molecule has 0 bridgehead atoms. The van der Waals surface area contributed by atoms with Gasteiger partial charge in [-0.2, -0.15) is 13.2 Å². The molecule has 0 radical (unpaired) electrons. The molecule has 0 aliphatic heterocycles. The van der Waals surface area contributed by atoms with Crippen LogP contribution in [0.4, 0.5) is 13.2 Å². The summed E-state index contributed by atoms with van der Waals surface area (Å²) >= 11 is 0. The standard InChI is InChI=1S/C14H12F3NO2/c1-19-12-8-11(14(15,16)17)6-5-10(12)9-20-13-4-2-3-7-18-13/h2-8H,9H2,1H3. The van der Waals surface area contributed by atoms with Crippen molar-refractivity contribution < 1.29 is 22.6 Å². The molecule has 2 rings (SSSR count). The van der Waals surface area contributed by atoms with Crippen LogP contribution in [0.5, 0.6) is 11.6 Å². The quantitative estimate of drug-likeness (QED) is 0.857. The Balaban J connectivity index is 2.16. The first-order valence-corrected chi connectivity index (χ1v) is 5.78. The van der Waals surface area contributed by atoms with E-state index in [2.05, 4.69) is 4.98 Å². The summed E-state index contributed by atoms with van der Waals surface area (Å²) in [4.78, 5) is 3.96. The van der Waals surface area contributed by atoms with E-state index in [1.807, 2.05) is 0 Å². The molecule has 1 aromatic carbocycles. The van der Waals surface area contributed by atoms with Crippen LogP contribution in [0.3, 0.4) is 0 Å². The molecule has 20 heavy (non-hydrogen) atoms. The second-order valence-corrected chi connectivity index (χ2v) is 3.98. The first kappa shape index (κ1) is 14.2. The summed E-state index contributed by atoms with van der Waals surface area (Å²) in [5.74, 6) is 0.533. The Labute approximate surface area is 114 Å². The SMILES string of the molecule is COc1cc(C(F)(F)F)ccc1COc1ccccn1. The van der Waals surface area contributed by atoms with E-state index in [-0.39, 0.29) is 12.4 Å². The van der Waals surface area contributed by atoms with Crippen LogP contribution in [0, 0.1) is 0 Å². The van der Waals surface area contributed by atoms with Crippen LogP contribution in [-0.2, 0) is 12.8 Å². The van der Waals surface area contributed by atoms with Gasteiger partial charge in [0.15, 0.2) is 0 Å². The van der Waals surface area contributed by atoms with Crippen molar-refractivity contribution in [2.45, 2.75) is 12.8 Å². The fourth-order valence-corrected chi connectivity index (χ4v) is 1.62. The molecule has 0 amide bonds. The van der Waals surface area contributed by atoms with Gasteiger partial charge >= 0.3 is 6.18 Å². The van der Waals surface area contributed by atoms with E-state index in [1.54, 1.807) is 24.4 Å². The van der Waals surface area contributed by atoms with E-state index < -0.39 is 11.7 Å².